The Hall–Kier alpha value is -2.55. The molecular weight excluding hydrogens is 441 g/mol. The minimum absolute atomic E-state index is 0. The smallest absolute Gasteiger partial charge is 0.255 e. The van der Waals surface area contributed by atoms with E-state index in [-0.39, 0.29) is 36.8 Å². The highest BCUT2D eigenvalue weighted by Gasteiger charge is 2.22. The fraction of sp³-hybridized carbons (Fsp3) is 0.381. The van der Waals surface area contributed by atoms with Crippen molar-refractivity contribution in [3.8, 4) is 11.5 Å². The second-order valence-electron chi connectivity index (χ2n) is 7.25. The van der Waals surface area contributed by atoms with Crippen molar-refractivity contribution >= 4 is 41.8 Å². The Balaban J connectivity index is 0.00000171. The Bertz CT molecular complexity index is 1040. The summed E-state index contributed by atoms with van der Waals surface area (Å²) < 4.78 is 12.5. The molecule has 31 heavy (non-hydrogen) atoms. The number of halogens is 2. The van der Waals surface area contributed by atoms with Gasteiger partial charge in [-0.1, -0.05) is 0 Å². The molecule has 1 aliphatic heterocycles. The fourth-order valence-electron chi connectivity index (χ4n) is 3.63. The van der Waals surface area contributed by atoms with Gasteiger partial charge in [0.1, 0.15) is 11.5 Å². The zero-order chi connectivity index (χ0) is 20.4. The number of hydrogen-bond acceptors (Lipinski definition) is 6. The number of rotatable bonds is 5. The van der Waals surface area contributed by atoms with E-state index in [1.807, 2.05) is 29.2 Å². The molecule has 0 bridgehead atoms. The Morgan fingerprint density at radius 3 is 2.55 bits per heavy atom. The molecule has 0 aliphatic carbocycles. The molecular formula is C21H27Cl2N5O3. The molecule has 0 radical (unpaired) electrons. The van der Waals surface area contributed by atoms with Crippen LogP contribution in [0.1, 0.15) is 28.8 Å². The van der Waals surface area contributed by atoms with Crippen molar-refractivity contribution in [1.29, 1.82) is 0 Å². The molecule has 1 aromatic carbocycles. The average Bonchev–Trinajstić information content (AvgIpc) is 3.16. The zero-order valence-corrected chi connectivity index (χ0v) is 19.1. The number of piperidine rings is 1. The zero-order valence-electron chi connectivity index (χ0n) is 17.5. The molecule has 2 aromatic heterocycles. The van der Waals surface area contributed by atoms with Crippen LogP contribution in [-0.4, -0.2) is 58.9 Å². The third-order valence-electron chi connectivity index (χ3n) is 5.36. The minimum Gasteiger partial charge on any atom is -0.497 e. The number of ether oxygens (including phenoxy) is 2. The molecule has 1 fully saturated rings. The maximum absolute atomic E-state index is 12.8. The van der Waals surface area contributed by atoms with E-state index in [9.17, 15) is 4.79 Å². The summed E-state index contributed by atoms with van der Waals surface area (Å²) in [4.78, 5) is 19.1. The highest BCUT2D eigenvalue weighted by atomic mass is 35.5. The van der Waals surface area contributed by atoms with Crippen molar-refractivity contribution in [3.05, 3.63) is 47.8 Å². The third kappa shape index (κ3) is 5.20. The van der Waals surface area contributed by atoms with E-state index in [1.54, 1.807) is 31.3 Å². The maximum Gasteiger partial charge on any atom is 0.255 e. The Labute approximate surface area is 193 Å². The molecule has 0 spiro atoms. The van der Waals surface area contributed by atoms with Crippen molar-refractivity contribution in [2.45, 2.75) is 25.4 Å². The van der Waals surface area contributed by atoms with Gasteiger partial charge >= 0.3 is 0 Å². The summed E-state index contributed by atoms with van der Waals surface area (Å²) >= 11 is 0. The second kappa shape index (κ2) is 10.7. The number of benzene rings is 1. The Kier molecular flexibility index (Phi) is 8.50. The standard InChI is InChI=1S/C21H25N5O3.2ClH/c1-28-18-4-3-14(19(10-18)29-2)13-26-20-15(12-24-26)9-16(11-23-20)21(27)25-7-5-17(22)6-8-25;;/h3-4,9-12,17H,5-8,13,22H2,1-2H3;2*1H. The molecule has 10 heteroatoms. The number of nitrogens with two attached hydrogens (primary N) is 1. The van der Waals surface area contributed by atoms with E-state index in [1.165, 1.54) is 0 Å². The van der Waals surface area contributed by atoms with Crippen molar-refractivity contribution in [1.82, 2.24) is 19.7 Å². The predicted molar refractivity (Wildman–Crippen MR) is 124 cm³/mol. The van der Waals surface area contributed by atoms with Crippen LogP contribution in [0.15, 0.2) is 36.7 Å². The van der Waals surface area contributed by atoms with Crippen LogP contribution < -0.4 is 15.2 Å². The van der Waals surface area contributed by atoms with E-state index in [4.69, 9.17) is 15.2 Å². The number of hydrogen-bond donors (Lipinski definition) is 1. The van der Waals surface area contributed by atoms with E-state index in [0.29, 0.717) is 25.2 Å². The number of aromatic nitrogens is 3. The van der Waals surface area contributed by atoms with E-state index >= 15 is 0 Å². The summed E-state index contributed by atoms with van der Waals surface area (Å²) in [6.07, 6.45) is 5.04. The van der Waals surface area contributed by atoms with Gasteiger partial charge in [0, 0.05) is 42.3 Å². The first kappa shape index (κ1) is 24.7. The van der Waals surface area contributed by atoms with Gasteiger partial charge in [-0.25, -0.2) is 9.67 Å². The molecule has 3 aromatic rings. The number of likely N-dealkylation sites (tertiary alicyclic amines) is 1. The van der Waals surface area contributed by atoms with Gasteiger partial charge in [0.15, 0.2) is 5.65 Å². The normalized spacial score (nSPS) is 14.0. The van der Waals surface area contributed by atoms with Crippen LogP contribution in [0, 0.1) is 0 Å². The fourth-order valence-corrected chi connectivity index (χ4v) is 3.63. The molecule has 168 valence electrons. The third-order valence-corrected chi connectivity index (χ3v) is 5.36. The minimum atomic E-state index is -0.00382. The lowest BCUT2D eigenvalue weighted by molar-refractivity contribution is 0.0714. The highest BCUT2D eigenvalue weighted by Crippen LogP contribution is 2.26. The maximum atomic E-state index is 12.8. The summed E-state index contributed by atoms with van der Waals surface area (Å²) in [5.74, 6) is 1.45. The van der Waals surface area contributed by atoms with E-state index in [0.717, 1.165) is 40.9 Å². The van der Waals surface area contributed by atoms with Gasteiger partial charge in [-0.15, -0.1) is 24.8 Å². The first-order valence-electron chi connectivity index (χ1n) is 9.66. The summed E-state index contributed by atoms with van der Waals surface area (Å²) in [7, 11) is 3.25. The molecule has 0 atom stereocenters. The first-order chi connectivity index (χ1) is 14.1. The Morgan fingerprint density at radius 2 is 1.87 bits per heavy atom. The average molecular weight is 468 g/mol. The quantitative estimate of drug-likeness (QED) is 0.619. The first-order valence-corrected chi connectivity index (χ1v) is 9.66. The number of fused-ring (bicyclic) bond motifs is 1. The van der Waals surface area contributed by atoms with E-state index < -0.39 is 0 Å². The largest absolute Gasteiger partial charge is 0.497 e. The van der Waals surface area contributed by atoms with E-state index in [2.05, 4.69) is 10.1 Å². The molecule has 2 N–H and O–H groups in total. The summed E-state index contributed by atoms with van der Waals surface area (Å²) in [6, 6.07) is 7.72. The highest BCUT2D eigenvalue weighted by molar-refractivity contribution is 5.96. The molecule has 1 saturated heterocycles. The summed E-state index contributed by atoms with van der Waals surface area (Å²) in [5.41, 5.74) is 8.20. The number of carbonyl (C=O) groups excluding carboxylic acids is 1. The van der Waals surface area contributed by atoms with Gasteiger partial charge in [0.25, 0.3) is 5.91 Å². The molecule has 4 rings (SSSR count). The lowest BCUT2D eigenvalue weighted by atomic mass is 10.1. The summed E-state index contributed by atoms with van der Waals surface area (Å²) in [5, 5.41) is 5.29. The van der Waals surface area contributed by atoms with Crippen LogP contribution in [-0.2, 0) is 6.54 Å². The SMILES string of the molecule is COc1ccc(Cn2ncc3cc(C(=O)N4CCC(N)CC4)cnc32)c(OC)c1.Cl.Cl. The molecule has 0 saturated carbocycles. The summed E-state index contributed by atoms with van der Waals surface area (Å²) in [6.45, 7) is 1.88. The van der Waals surface area contributed by atoms with Gasteiger partial charge in [-0.05, 0) is 31.0 Å². The van der Waals surface area contributed by atoms with Crippen LogP contribution in [0.2, 0.25) is 0 Å². The molecule has 8 nitrogen and oxygen atoms in total. The van der Waals surface area contributed by atoms with Gasteiger partial charge < -0.3 is 20.1 Å². The van der Waals surface area contributed by atoms with Crippen molar-refractivity contribution < 1.29 is 14.3 Å². The van der Waals surface area contributed by atoms with Gasteiger partial charge in [-0.2, -0.15) is 5.10 Å². The number of methoxy groups -OCH3 is 2. The molecule has 0 unspecified atom stereocenters. The molecule has 1 amide bonds. The number of amides is 1. The molecule has 1 aliphatic rings. The van der Waals surface area contributed by atoms with Crippen LogP contribution >= 0.6 is 24.8 Å². The second-order valence-corrected chi connectivity index (χ2v) is 7.25. The lowest BCUT2D eigenvalue weighted by Gasteiger charge is -2.30. The van der Waals surface area contributed by atoms with Gasteiger partial charge in [0.2, 0.25) is 0 Å². The topological polar surface area (TPSA) is 95.5 Å². The van der Waals surface area contributed by atoms with Crippen molar-refractivity contribution in [2.24, 2.45) is 5.73 Å². The van der Waals surface area contributed by atoms with Crippen molar-refractivity contribution in [2.75, 3.05) is 27.3 Å². The van der Waals surface area contributed by atoms with Gasteiger partial charge in [0.05, 0.1) is 32.5 Å². The van der Waals surface area contributed by atoms with Crippen LogP contribution in [0.5, 0.6) is 11.5 Å². The predicted octanol–water partition coefficient (Wildman–Crippen LogP) is 2.90. The van der Waals surface area contributed by atoms with Crippen LogP contribution in [0.3, 0.4) is 0 Å². The van der Waals surface area contributed by atoms with Crippen molar-refractivity contribution in [3.63, 3.8) is 0 Å². The number of nitrogens with zero attached hydrogens (tertiary/aromatic N) is 4. The van der Waals surface area contributed by atoms with Crippen LogP contribution in [0.4, 0.5) is 0 Å². The Morgan fingerprint density at radius 1 is 1.13 bits per heavy atom. The molecule has 3 heterocycles. The van der Waals surface area contributed by atoms with Gasteiger partial charge in [-0.3, -0.25) is 4.79 Å². The number of carbonyl (C=O) groups is 1. The monoisotopic (exact) mass is 467 g/mol. The lowest BCUT2D eigenvalue weighted by Crippen LogP contribution is -2.42. The number of pyridine rings is 1. The van der Waals surface area contributed by atoms with Crippen LogP contribution in [0.25, 0.3) is 11.0 Å².